The summed E-state index contributed by atoms with van der Waals surface area (Å²) in [5, 5.41) is 18.7. The summed E-state index contributed by atoms with van der Waals surface area (Å²) in [5.74, 6) is -0.791. The van der Waals surface area contributed by atoms with Crippen molar-refractivity contribution in [3.63, 3.8) is 0 Å². The van der Waals surface area contributed by atoms with Gasteiger partial charge < -0.3 is 9.84 Å². The van der Waals surface area contributed by atoms with Crippen molar-refractivity contribution >= 4 is 5.91 Å². The molecule has 5 heteroatoms. The lowest BCUT2D eigenvalue weighted by molar-refractivity contribution is 0.0989. The summed E-state index contributed by atoms with van der Waals surface area (Å²) in [6.07, 6.45) is 0.471. The number of hydrogen-bond donors (Lipinski definition) is 1. The molecule has 0 spiro atoms. The minimum absolute atomic E-state index is 0.0748. The van der Waals surface area contributed by atoms with Crippen molar-refractivity contribution in [1.29, 1.82) is 5.26 Å². The van der Waals surface area contributed by atoms with Crippen molar-refractivity contribution in [2.24, 2.45) is 0 Å². The first-order valence-corrected chi connectivity index (χ1v) is 5.93. The summed E-state index contributed by atoms with van der Waals surface area (Å²) in [7, 11) is 0. The smallest absolute Gasteiger partial charge is 0.273 e. The Morgan fingerprint density at radius 2 is 2.11 bits per heavy atom. The largest absolute Gasteiger partial charge is 0.507 e. The van der Waals surface area contributed by atoms with E-state index in [0.29, 0.717) is 11.3 Å². The molecule has 0 aliphatic heterocycles. The molecular formula is C14H17N2O3. The molecule has 0 saturated carbocycles. The summed E-state index contributed by atoms with van der Waals surface area (Å²) in [5.41, 5.74) is 6.94. The average molecular weight is 261 g/mol. The number of hydrogen-bond acceptors (Lipinski definition) is 4. The van der Waals surface area contributed by atoms with Crippen molar-refractivity contribution < 1.29 is 14.6 Å². The van der Waals surface area contributed by atoms with E-state index >= 15 is 0 Å². The van der Waals surface area contributed by atoms with Gasteiger partial charge in [0.05, 0.1) is 11.6 Å². The lowest BCUT2D eigenvalue weighted by Gasteiger charge is -2.24. The number of ether oxygens (including phenoxy) is 1. The van der Waals surface area contributed by atoms with Crippen LogP contribution in [-0.2, 0) is 6.42 Å². The van der Waals surface area contributed by atoms with Crippen LogP contribution in [0.3, 0.4) is 0 Å². The normalized spacial score (nSPS) is 10.8. The van der Waals surface area contributed by atoms with Gasteiger partial charge in [-0.2, -0.15) is 5.26 Å². The third kappa shape index (κ3) is 3.88. The van der Waals surface area contributed by atoms with E-state index in [2.05, 4.69) is 0 Å². The summed E-state index contributed by atoms with van der Waals surface area (Å²) in [4.78, 5) is 11.1. The molecule has 101 valence electrons. The van der Waals surface area contributed by atoms with Gasteiger partial charge in [-0.25, -0.2) is 0 Å². The van der Waals surface area contributed by atoms with Crippen molar-refractivity contribution in [3.8, 4) is 17.6 Å². The van der Waals surface area contributed by atoms with Gasteiger partial charge in [0.2, 0.25) is 0 Å². The van der Waals surface area contributed by atoms with Crippen molar-refractivity contribution in [2.45, 2.75) is 39.2 Å². The number of carbonyl (C=O) groups excluding carboxylic acids is 1. The second-order valence-electron chi connectivity index (χ2n) is 5.14. The van der Waals surface area contributed by atoms with Crippen LogP contribution in [-0.4, -0.2) is 16.6 Å². The molecule has 1 radical (unpaired) electrons. The van der Waals surface area contributed by atoms with Crippen LogP contribution in [0.1, 0.15) is 43.1 Å². The summed E-state index contributed by atoms with van der Waals surface area (Å²) < 4.78 is 5.70. The molecule has 0 bridgehead atoms. The third-order valence-electron chi connectivity index (χ3n) is 2.39. The number of nitrogens with zero attached hydrogens (tertiary/aromatic N) is 1. The van der Waals surface area contributed by atoms with E-state index in [4.69, 9.17) is 15.7 Å². The van der Waals surface area contributed by atoms with E-state index in [1.807, 2.05) is 26.8 Å². The zero-order valence-electron chi connectivity index (χ0n) is 11.3. The molecule has 0 aliphatic carbocycles. The topological polar surface area (TPSA) is 94.1 Å². The third-order valence-corrected chi connectivity index (χ3v) is 2.39. The highest BCUT2D eigenvalue weighted by atomic mass is 16.5. The molecule has 1 aromatic carbocycles. The van der Waals surface area contributed by atoms with Crippen LogP contribution in [0.4, 0.5) is 0 Å². The number of phenols is 1. The Hall–Kier alpha value is -2.22. The molecule has 2 N–H and O–H groups in total. The molecule has 0 aromatic heterocycles. The van der Waals surface area contributed by atoms with E-state index < -0.39 is 11.5 Å². The summed E-state index contributed by atoms with van der Waals surface area (Å²) >= 11 is 0. The maximum Gasteiger partial charge on any atom is 0.273 e. The number of benzene rings is 1. The number of amides is 1. The summed E-state index contributed by atoms with van der Waals surface area (Å²) in [6, 6.07) is 4.90. The fraction of sp³-hybridized carbons (Fsp3) is 0.429. The van der Waals surface area contributed by atoms with E-state index in [1.165, 1.54) is 6.07 Å². The number of nitrogens with one attached hydrogen (secondary N) is 1. The SMILES string of the molecule is CC(C)(C)Oc1ccc(C([NH])=O)c(O)c1CCC#N. The number of phenolic OH excluding ortho intramolecular Hbond substituents is 1. The van der Waals surface area contributed by atoms with Crippen LogP contribution in [0.25, 0.3) is 0 Å². The number of aromatic hydroxyl groups is 1. The minimum atomic E-state index is -0.960. The van der Waals surface area contributed by atoms with Gasteiger partial charge in [0.1, 0.15) is 17.1 Å². The second kappa shape index (κ2) is 5.61. The van der Waals surface area contributed by atoms with Gasteiger partial charge in [-0.15, -0.1) is 0 Å². The van der Waals surface area contributed by atoms with Gasteiger partial charge in [-0.1, -0.05) is 0 Å². The van der Waals surface area contributed by atoms with Gasteiger partial charge in [0.25, 0.3) is 5.91 Å². The van der Waals surface area contributed by atoms with Crippen LogP contribution in [0.15, 0.2) is 12.1 Å². The monoisotopic (exact) mass is 261 g/mol. The van der Waals surface area contributed by atoms with Gasteiger partial charge in [0.15, 0.2) is 0 Å². The Kier molecular flexibility index (Phi) is 4.38. The highest BCUT2D eigenvalue weighted by Crippen LogP contribution is 2.34. The molecule has 0 saturated heterocycles. The molecule has 19 heavy (non-hydrogen) atoms. The van der Waals surface area contributed by atoms with Gasteiger partial charge >= 0.3 is 0 Å². The standard InChI is InChI=1S/C14H17N2O3/c1-14(2,3)19-11-7-6-10(13(16)18)12(17)9(11)5-4-8-15/h6-7,16-17H,4-5H2,1-3H3. The molecule has 5 nitrogen and oxygen atoms in total. The first-order chi connectivity index (χ1) is 8.76. The first-order valence-electron chi connectivity index (χ1n) is 5.93. The molecule has 1 amide bonds. The van der Waals surface area contributed by atoms with Crippen molar-refractivity contribution in [2.75, 3.05) is 0 Å². The van der Waals surface area contributed by atoms with Crippen LogP contribution in [0.2, 0.25) is 0 Å². The number of rotatable bonds is 4. The fourth-order valence-corrected chi connectivity index (χ4v) is 1.65. The number of carbonyl (C=O) groups is 1. The minimum Gasteiger partial charge on any atom is -0.507 e. The molecule has 0 atom stereocenters. The van der Waals surface area contributed by atoms with Crippen LogP contribution >= 0.6 is 0 Å². The lowest BCUT2D eigenvalue weighted by Crippen LogP contribution is -2.23. The van der Waals surface area contributed by atoms with Gasteiger partial charge in [-0.3, -0.25) is 10.5 Å². The zero-order chi connectivity index (χ0) is 14.6. The van der Waals surface area contributed by atoms with Crippen LogP contribution in [0.5, 0.6) is 11.5 Å². The Morgan fingerprint density at radius 3 is 2.58 bits per heavy atom. The quantitative estimate of drug-likeness (QED) is 0.900. The Bertz CT molecular complexity index is 525. The van der Waals surface area contributed by atoms with E-state index in [1.54, 1.807) is 6.07 Å². The molecule has 0 unspecified atom stereocenters. The maximum atomic E-state index is 11.1. The Labute approximate surface area is 112 Å². The molecular weight excluding hydrogens is 244 g/mol. The van der Waals surface area contributed by atoms with Gasteiger partial charge in [-0.05, 0) is 39.3 Å². The highest BCUT2D eigenvalue weighted by molar-refractivity contribution is 5.95. The van der Waals surface area contributed by atoms with Crippen LogP contribution < -0.4 is 10.5 Å². The molecule has 1 aromatic rings. The first kappa shape index (κ1) is 14.8. The molecule has 0 aliphatic rings. The van der Waals surface area contributed by atoms with Gasteiger partial charge in [0, 0.05) is 12.0 Å². The molecule has 0 heterocycles. The predicted molar refractivity (Wildman–Crippen MR) is 69.8 cm³/mol. The fourth-order valence-electron chi connectivity index (χ4n) is 1.65. The maximum absolute atomic E-state index is 11.1. The summed E-state index contributed by atoms with van der Waals surface area (Å²) in [6.45, 7) is 5.59. The highest BCUT2D eigenvalue weighted by Gasteiger charge is 2.20. The van der Waals surface area contributed by atoms with E-state index in [9.17, 15) is 9.90 Å². The Balaban J connectivity index is 3.27. The average Bonchev–Trinajstić information content (AvgIpc) is 2.26. The molecule has 1 rings (SSSR count). The zero-order valence-corrected chi connectivity index (χ0v) is 11.3. The second-order valence-corrected chi connectivity index (χ2v) is 5.14. The van der Waals surface area contributed by atoms with Crippen molar-refractivity contribution in [1.82, 2.24) is 5.73 Å². The number of nitriles is 1. The Morgan fingerprint density at radius 1 is 1.47 bits per heavy atom. The van der Waals surface area contributed by atoms with Crippen molar-refractivity contribution in [3.05, 3.63) is 23.3 Å². The van der Waals surface area contributed by atoms with E-state index in [-0.39, 0.29) is 24.2 Å². The van der Waals surface area contributed by atoms with Crippen LogP contribution in [0, 0.1) is 11.3 Å². The lowest BCUT2D eigenvalue weighted by atomic mass is 10.0. The van der Waals surface area contributed by atoms with E-state index in [0.717, 1.165) is 0 Å². The molecule has 0 fully saturated rings. The predicted octanol–water partition coefficient (Wildman–Crippen LogP) is 2.45.